The molecular formula is C13H19N3O3S. The van der Waals surface area contributed by atoms with Crippen LogP contribution in [-0.4, -0.2) is 32.0 Å². The van der Waals surface area contributed by atoms with Gasteiger partial charge in [0.2, 0.25) is 0 Å². The van der Waals surface area contributed by atoms with Crippen LogP contribution in [0.5, 0.6) is 0 Å². The van der Waals surface area contributed by atoms with Gasteiger partial charge in [0.1, 0.15) is 0 Å². The highest BCUT2D eigenvalue weighted by Crippen LogP contribution is 2.19. The van der Waals surface area contributed by atoms with Gasteiger partial charge in [0.15, 0.2) is 9.84 Å². The van der Waals surface area contributed by atoms with Gasteiger partial charge in [-0.05, 0) is 30.5 Å². The molecule has 1 saturated heterocycles. The van der Waals surface area contributed by atoms with Crippen LogP contribution in [0, 0.1) is 0 Å². The van der Waals surface area contributed by atoms with E-state index in [4.69, 9.17) is 5.73 Å². The summed E-state index contributed by atoms with van der Waals surface area (Å²) in [5, 5.41) is 4.82. The first kappa shape index (κ1) is 14.8. The molecule has 6 nitrogen and oxygen atoms in total. The van der Waals surface area contributed by atoms with Crippen molar-refractivity contribution in [1.29, 1.82) is 0 Å². The topological polar surface area (TPSA) is 101 Å². The zero-order chi connectivity index (χ0) is 14.6. The van der Waals surface area contributed by atoms with Crippen molar-refractivity contribution in [3.05, 3.63) is 29.8 Å². The number of urea groups is 1. The minimum absolute atomic E-state index is 0.157. The molecular weight excluding hydrogens is 278 g/mol. The van der Waals surface area contributed by atoms with Gasteiger partial charge in [0.05, 0.1) is 11.0 Å². The molecule has 2 amide bonds. The Morgan fingerprint density at radius 1 is 1.40 bits per heavy atom. The molecule has 20 heavy (non-hydrogen) atoms. The molecule has 1 unspecified atom stereocenters. The average molecular weight is 297 g/mol. The second kappa shape index (κ2) is 6.23. The Morgan fingerprint density at radius 2 is 2.20 bits per heavy atom. The van der Waals surface area contributed by atoms with E-state index < -0.39 is 21.1 Å². The molecule has 1 aromatic carbocycles. The lowest BCUT2D eigenvalue weighted by Crippen LogP contribution is -2.37. The van der Waals surface area contributed by atoms with Gasteiger partial charge in [-0.25, -0.2) is 13.2 Å². The first-order valence-electron chi connectivity index (χ1n) is 6.57. The van der Waals surface area contributed by atoms with E-state index in [1.165, 1.54) is 0 Å². The van der Waals surface area contributed by atoms with Gasteiger partial charge < -0.3 is 16.4 Å². The number of benzene rings is 1. The minimum Gasteiger partial charge on any atom is -0.337 e. The van der Waals surface area contributed by atoms with Crippen LogP contribution in [0.25, 0.3) is 0 Å². The van der Waals surface area contributed by atoms with Crippen LogP contribution in [0.2, 0.25) is 0 Å². The van der Waals surface area contributed by atoms with E-state index in [1.54, 1.807) is 18.2 Å². The van der Waals surface area contributed by atoms with Gasteiger partial charge in [-0.1, -0.05) is 12.1 Å². The number of carbonyl (C=O) groups excluding carboxylic acids is 1. The van der Waals surface area contributed by atoms with E-state index in [9.17, 15) is 13.2 Å². The Morgan fingerprint density at radius 3 is 2.85 bits per heavy atom. The Bertz CT molecular complexity index is 586. The van der Waals surface area contributed by atoms with Gasteiger partial charge in [0.25, 0.3) is 0 Å². The van der Waals surface area contributed by atoms with E-state index in [0.29, 0.717) is 25.1 Å². The highest BCUT2D eigenvalue weighted by Gasteiger charge is 2.31. The number of hydrogen-bond acceptors (Lipinski definition) is 4. The lowest BCUT2D eigenvalue weighted by Gasteiger charge is -2.12. The van der Waals surface area contributed by atoms with E-state index in [2.05, 4.69) is 10.6 Å². The predicted molar refractivity (Wildman–Crippen MR) is 78.2 cm³/mol. The molecule has 0 radical (unpaired) electrons. The van der Waals surface area contributed by atoms with E-state index in [0.717, 1.165) is 5.56 Å². The maximum Gasteiger partial charge on any atom is 0.319 e. The molecule has 1 atom stereocenters. The number of rotatable bonds is 4. The molecule has 0 bridgehead atoms. The maximum absolute atomic E-state index is 11.7. The molecule has 0 aliphatic carbocycles. The Balaban J connectivity index is 1.86. The molecule has 1 heterocycles. The van der Waals surface area contributed by atoms with Crippen molar-refractivity contribution in [3.8, 4) is 0 Å². The molecule has 4 N–H and O–H groups in total. The molecule has 2 rings (SSSR count). The van der Waals surface area contributed by atoms with Crippen LogP contribution in [0.1, 0.15) is 18.4 Å². The van der Waals surface area contributed by atoms with Gasteiger partial charge in [0, 0.05) is 18.8 Å². The van der Waals surface area contributed by atoms with Crippen molar-refractivity contribution in [2.45, 2.75) is 24.6 Å². The monoisotopic (exact) mass is 297 g/mol. The van der Waals surface area contributed by atoms with E-state index in [1.807, 2.05) is 6.07 Å². The molecule has 0 aromatic heterocycles. The van der Waals surface area contributed by atoms with Crippen molar-refractivity contribution in [3.63, 3.8) is 0 Å². The van der Waals surface area contributed by atoms with Crippen LogP contribution in [0.3, 0.4) is 0 Å². The SMILES string of the molecule is NCc1cccc(NC(=O)NCC2CCCS2(=O)=O)c1. The normalized spacial score (nSPS) is 20.6. The number of amides is 2. The van der Waals surface area contributed by atoms with Gasteiger partial charge in [-0.2, -0.15) is 0 Å². The summed E-state index contributed by atoms with van der Waals surface area (Å²) in [6.45, 7) is 0.558. The summed E-state index contributed by atoms with van der Waals surface area (Å²) in [5.41, 5.74) is 7.08. The van der Waals surface area contributed by atoms with Crippen LogP contribution in [-0.2, 0) is 16.4 Å². The van der Waals surface area contributed by atoms with Crippen molar-refractivity contribution < 1.29 is 13.2 Å². The number of anilines is 1. The molecule has 0 saturated carbocycles. The average Bonchev–Trinajstić information content (AvgIpc) is 2.75. The van der Waals surface area contributed by atoms with Gasteiger partial charge in [-0.15, -0.1) is 0 Å². The quantitative estimate of drug-likeness (QED) is 0.766. The summed E-state index contributed by atoms with van der Waals surface area (Å²) in [4.78, 5) is 11.7. The summed E-state index contributed by atoms with van der Waals surface area (Å²) in [7, 11) is -3.03. The number of hydrogen-bond donors (Lipinski definition) is 3. The lowest BCUT2D eigenvalue weighted by atomic mass is 10.2. The zero-order valence-electron chi connectivity index (χ0n) is 11.1. The zero-order valence-corrected chi connectivity index (χ0v) is 11.9. The summed E-state index contributed by atoms with van der Waals surface area (Å²) in [6.07, 6.45) is 1.29. The van der Waals surface area contributed by atoms with E-state index in [-0.39, 0.29) is 12.3 Å². The predicted octanol–water partition coefficient (Wildman–Crippen LogP) is 0.844. The fourth-order valence-electron chi connectivity index (χ4n) is 2.25. The third kappa shape index (κ3) is 3.71. The summed E-state index contributed by atoms with van der Waals surface area (Å²) in [6, 6.07) is 6.81. The standard InChI is InChI=1S/C13H19N3O3S/c14-8-10-3-1-4-11(7-10)16-13(17)15-9-12-5-2-6-20(12,18)19/h1,3-4,7,12H,2,5-6,8-9,14H2,(H2,15,16,17). The summed E-state index contributed by atoms with van der Waals surface area (Å²) in [5.74, 6) is 0.222. The smallest absolute Gasteiger partial charge is 0.319 e. The van der Waals surface area contributed by atoms with Crippen molar-refractivity contribution in [2.24, 2.45) is 5.73 Å². The number of sulfone groups is 1. The first-order valence-corrected chi connectivity index (χ1v) is 8.28. The molecule has 7 heteroatoms. The van der Waals surface area contributed by atoms with Crippen molar-refractivity contribution in [2.75, 3.05) is 17.6 Å². The molecule has 1 aliphatic heterocycles. The lowest BCUT2D eigenvalue weighted by molar-refractivity contribution is 0.252. The van der Waals surface area contributed by atoms with Crippen LogP contribution < -0.4 is 16.4 Å². The number of carbonyl (C=O) groups is 1. The number of nitrogens with one attached hydrogen (secondary N) is 2. The fraction of sp³-hybridized carbons (Fsp3) is 0.462. The second-order valence-corrected chi connectivity index (χ2v) is 7.27. The van der Waals surface area contributed by atoms with Crippen LogP contribution in [0.15, 0.2) is 24.3 Å². The largest absolute Gasteiger partial charge is 0.337 e. The molecule has 1 aliphatic rings. The Kier molecular flexibility index (Phi) is 4.61. The minimum atomic E-state index is -3.03. The van der Waals surface area contributed by atoms with Gasteiger partial charge >= 0.3 is 6.03 Å². The molecule has 1 fully saturated rings. The Hall–Kier alpha value is -1.60. The highest BCUT2D eigenvalue weighted by atomic mass is 32.2. The van der Waals surface area contributed by atoms with Crippen LogP contribution >= 0.6 is 0 Å². The maximum atomic E-state index is 11.7. The third-order valence-electron chi connectivity index (χ3n) is 3.37. The highest BCUT2D eigenvalue weighted by molar-refractivity contribution is 7.92. The number of nitrogens with two attached hydrogens (primary N) is 1. The van der Waals surface area contributed by atoms with Crippen LogP contribution in [0.4, 0.5) is 10.5 Å². The second-order valence-electron chi connectivity index (χ2n) is 4.87. The Labute approximate surface area is 118 Å². The third-order valence-corrected chi connectivity index (χ3v) is 5.65. The molecule has 1 aromatic rings. The van der Waals surface area contributed by atoms with E-state index >= 15 is 0 Å². The molecule has 110 valence electrons. The summed E-state index contributed by atoms with van der Waals surface area (Å²) < 4.78 is 23.3. The van der Waals surface area contributed by atoms with Crippen molar-refractivity contribution >= 4 is 21.6 Å². The van der Waals surface area contributed by atoms with Gasteiger partial charge in [-0.3, -0.25) is 0 Å². The fourth-order valence-corrected chi connectivity index (χ4v) is 4.01. The summed E-state index contributed by atoms with van der Waals surface area (Å²) >= 11 is 0. The first-order chi connectivity index (χ1) is 9.51. The molecule has 0 spiro atoms. The van der Waals surface area contributed by atoms with Crippen molar-refractivity contribution in [1.82, 2.24) is 5.32 Å².